The average Bonchev–Trinajstić information content (AvgIpc) is 2.90. The second-order valence-corrected chi connectivity index (χ2v) is 17.5. The fraction of sp³-hybridized carbons (Fsp3) is 0.658. The molecule has 0 spiro atoms. The van der Waals surface area contributed by atoms with Gasteiger partial charge in [-0.15, -0.1) is 0 Å². The van der Waals surface area contributed by atoms with E-state index in [0.29, 0.717) is 0 Å². The summed E-state index contributed by atoms with van der Waals surface area (Å²) in [6.45, 7) is 34.0. The van der Waals surface area contributed by atoms with Gasteiger partial charge < -0.3 is 0 Å². The van der Waals surface area contributed by atoms with E-state index in [4.69, 9.17) is 9.97 Å². The average molecular weight is 586 g/mol. The maximum atomic E-state index is 4.81. The lowest BCUT2D eigenvalue weighted by molar-refractivity contribution is 0.357. The van der Waals surface area contributed by atoms with Crippen LogP contribution in [0.4, 0.5) is 0 Å². The normalized spacial score (nSPS) is 13.8. The van der Waals surface area contributed by atoms with E-state index >= 15 is 0 Å². The molecule has 0 saturated heterocycles. The monoisotopic (exact) mass is 585 g/mol. The Hall–Kier alpha value is -2.69. The van der Waals surface area contributed by atoms with Crippen molar-refractivity contribution in [2.45, 2.75) is 162 Å². The van der Waals surface area contributed by atoms with E-state index < -0.39 is 0 Å². The standard InChI is InChI=1S/C38H59N5/c1-26-28(23-30(43-42-26)34(5,6)7)36(10,11)18-20-38(14,15)32-24-31(40-25-41-32)37(12,13)19-17-35(8,9)27-16-21-39-29(22-27)33(2,3)4/h16,21-25H,17-20H2,1-15H3. The largest absolute Gasteiger partial charge is 0.261 e. The van der Waals surface area contributed by atoms with Gasteiger partial charge in [-0.3, -0.25) is 4.98 Å². The Morgan fingerprint density at radius 3 is 1.49 bits per heavy atom. The van der Waals surface area contributed by atoms with Crippen molar-refractivity contribution in [3.8, 4) is 0 Å². The van der Waals surface area contributed by atoms with E-state index in [0.717, 1.165) is 54.2 Å². The molecule has 236 valence electrons. The van der Waals surface area contributed by atoms with Gasteiger partial charge in [0, 0.05) is 44.9 Å². The van der Waals surface area contributed by atoms with E-state index in [9.17, 15) is 0 Å². The molecule has 0 radical (unpaired) electrons. The van der Waals surface area contributed by atoms with Gasteiger partial charge in [-0.25, -0.2) is 9.97 Å². The van der Waals surface area contributed by atoms with Crippen molar-refractivity contribution in [2.24, 2.45) is 0 Å². The fourth-order valence-electron chi connectivity index (χ4n) is 5.65. The summed E-state index contributed by atoms with van der Waals surface area (Å²) in [6, 6.07) is 9.02. The molecule has 0 aliphatic carbocycles. The first kappa shape index (κ1) is 34.8. The zero-order valence-electron chi connectivity index (χ0n) is 30.0. The zero-order valence-corrected chi connectivity index (χ0v) is 30.0. The summed E-state index contributed by atoms with van der Waals surface area (Å²) in [6.07, 6.45) is 7.86. The summed E-state index contributed by atoms with van der Waals surface area (Å²) in [5.41, 5.74) is 7.93. The van der Waals surface area contributed by atoms with Crippen molar-refractivity contribution in [2.75, 3.05) is 0 Å². The maximum Gasteiger partial charge on any atom is 0.115 e. The Balaban J connectivity index is 1.77. The van der Waals surface area contributed by atoms with Crippen LogP contribution in [0.25, 0.3) is 0 Å². The van der Waals surface area contributed by atoms with E-state index in [-0.39, 0.29) is 32.5 Å². The van der Waals surface area contributed by atoms with Gasteiger partial charge in [0.1, 0.15) is 6.33 Å². The summed E-state index contributed by atoms with van der Waals surface area (Å²) in [5.74, 6) is 0. The Morgan fingerprint density at radius 1 is 0.488 bits per heavy atom. The molecule has 43 heavy (non-hydrogen) atoms. The predicted molar refractivity (Wildman–Crippen MR) is 181 cm³/mol. The van der Waals surface area contributed by atoms with Crippen LogP contribution in [-0.2, 0) is 32.5 Å². The number of nitrogens with zero attached hydrogens (tertiary/aromatic N) is 5. The Morgan fingerprint density at radius 2 is 0.977 bits per heavy atom. The smallest absolute Gasteiger partial charge is 0.115 e. The van der Waals surface area contributed by atoms with Crippen LogP contribution in [0.2, 0.25) is 0 Å². The van der Waals surface area contributed by atoms with Crippen LogP contribution in [0.3, 0.4) is 0 Å². The Labute approximate surface area is 263 Å². The quantitative estimate of drug-likeness (QED) is 0.237. The van der Waals surface area contributed by atoms with Gasteiger partial charge in [0.05, 0.1) is 11.4 Å². The number of aromatic nitrogens is 5. The van der Waals surface area contributed by atoms with Crippen LogP contribution in [0, 0.1) is 6.92 Å². The van der Waals surface area contributed by atoms with Crippen molar-refractivity contribution in [3.05, 3.63) is 76.4 Å². The first-order valence-electron chi connectivity index (χ1n) is 16.1. The molecule has 0 fully saturated rings. The molecule has 0 aliphatic heterocycles. The summed E-state index contributed by atoms with van der Waals surface area (Å²) < 4.78 is 0. The molecule has 5 heteroatoms. The topological polar surface area (TPSA) is 64.5 Å². The van der Waals surface area contributed by atoms with Gasteiger partial charge in [0.2, 0.25) is 0 Å². The van der Waals surface area contributed by atoms with Crippen molar-refractivity contribution in [1.82, 2.24) is 25.1 Å². The maximum absolute atomic E-state index is 4.81. The highest BCUT2D eigenvalue weighted by Gasteiger charge is 2.33. The van der Waals surface area contributed by atoms with E-state index in [1.807, 2.05) is 6.20 Å². The van der Waals surface area contributed by atoms with E-state index in [1.165, 1.54) is 11.1 Å². The van der Waals surface area contributed by atoms with Gasteiger partial charge >= 0.3 is 0 Å². The molecule has 0 amide bonds. The SMILES string of the molecule is Cc1nnc(C(C)(C)C)cc1C(C)(C)CCC(C)(C)c1cc(C(C)(C)CCC(C)(C)c2ccnc(C(C)(C)C)c2)ncn1. The van der Waals surface area contributed by atoms with Crippen molar-refractivity contribution >= 4 is 0 Å². The lowest BCUT2D eigenvalue weighted by Gasteiger charge is -2.34. The van der Waals surface area contributed by atoms with Crippen molar-refractivity contribution in [3.63, 3.8) is 0 Å². The Bertz CT molecular complexity index is 1400. The second kappa shape index (κ2) is 12.0. The molecule has 0 aromatic carbocycles. The molecule has 3 heterocycles. The molecule has 0 bridgehead atoms. The molecule has 3 rings (SSSR count). The van der Waals surface area contributed by atoms with Crippen LogP contribution in [0.1, 0.15) is 162 Å². The third-order valence-electron chi connectivity index (χ3n) is 9.59. The van der Waals surface area contributed by atoms with Crippen LogP contribution in [-0.4, -0.2) is 25.1 Å². The first-order valence-corrected chi connectivity index (χ1v) is 16.1. The fourth-order valence-corrected chi connectivity index (χ4v) is 5.65. The first-order chi connectivity index (χ1) is 19.5. The molecule has 5 nitrogen and oxygen atoms in total. The molecule has 0 atom stereocenters. The lowest BCUT2D eigenvalue weighted by atomic mass is 9.72. The number of hydrogen-bond acceptors (Lipinski definition) is 5. The number of aryl methyl sites for hydroxylation is 1. The van der Waals surface area contributed by atoms with E-state index in [1.54, 1.807) is 6.33 Å². The predicted octanol–water partition coefficient (Wildman–Crippen LogP) is 9.64. The molecule has 3 aromatic rings. The third kappa shape index (κ3) is 8.48. The number of rotatable bonds is 10. The molecule has 0 unspecified atom stereocenters. The molecule has 0 saturated carbocycles. The molecule has 0 N–H and O–H groups in total. The number of hydrogen-bond donors (Lipinski definition) is 0. The van der Waals surface area contributed by atoms with Gasteiger partial charge in [-0.05, 0) is 78.8 Å². The van der Waals surface area contributed by atoms with Gasteiger partial charge in [-0.2, -0.15) is 10.2 Å². The second-order valence-electron chi connectivity index (χ2n) is 17.5. The molecular formula is C38H59N5. The van der Waals surface area contributed by atoms with Gasteiger partial charge in [-0.1, -0.05) is 96.9 Å². The third-order valence-corrected chi connectivity index (χ3v) is 9.59. The van der Waals surface area contributed by atoms with Crippen LogP contribution >= 0.6 is 0 Å². The minimum Gasteiger partial charge on any atom is -0.261 e. The van der Waals surface area contributed by atoms with Crippen LogP contribution in [0.15, 0.2) is 36.8 Å². The molecule has 0 aliphatic rings. The zero-order chi connectivity index (χ0) is 32.6. The van der Waals surface area contributed by atoms with Crippen molar-refractivity contribution in [1.29, 1.82) is 0 Å². The summed E-state index contributed by atoms with van der Waals surface area (Å²) >= 11 is 0. The highest BCUT2D eigenvalue weighted by molar-refractivity contribution is 5.32. The summed E-state index contributed by atoms with van der Waals surface area (Å²) in [4.78, 5) is 14.3. The summed E-state index contributed by atoms with van der Waals surface area (Å²) in [7, 11) is 0. The van der Waals surface area contributed by atoms with Crippen LogP contribution < -0.4 is 0 Å². The summed E-state index contributed by atoms with van der Waals surface area (Å²) in [5, 5.41) is 9.05. The minimum atomic E-state index is -0.0913. The Kier molecular flexibility index (Phi) is 9.72. The number of pyridine rings is 1. The van der Waals surface area contributed by atoms with Crippen molar-refractivity contribution < 1.29 is 0 Å². The lowest BCUT2D eigenvalue weighted by Crippen LogP contribution is -2.29. The van der Waals surface area contributed by atoms with E-state index in [2.05, 4.69) is 143 Å². The molecular weight excluding hydrogens is 526 g/mol. The minimum absolute atomic E-state index is 0.0299. The van der Waals surface area contributed by atoms with Crippen LogP contribution in [0.5, 0.6) is 0 Å². The van der Waals surface area contributed by atoms with Gasteiger partial charge in [0.15, 0.2) is 0 Å². The highest BCUT2D eigenvalue weighted by Crippen LogP contribution is 2.40. The molecule has 3 aromatic heterocycles. The highest BCUT2D eigenvalue weighted by atomic mass is 15.1. The van der Waals surface area contributed by atoms with Gasteiger partial charge in [0.25, 0.3) is 0 Å².